The van der Waals surface area contributed by atoms with E-state index in [1.165, 1.54) is 11.8 Å². The highest BCUT2D eigenvalue weighted by atomic mass is 16.5. The minimum Gasteiger partial charge on any atom is -0.493 e. The molecule has 0 bridgehead atoms. The van der Waals surface area contributed by atoms with E-state index in [2.05, 4.69) is 5.32 Å². The number of carbonyl (C=O) groups excluding carboxylic acids is 3. The monoisotopic (exact) mass is 396 g/mol. The molecule has 0 saturated heterocycles. The first kappa shape index (κ1) is 20.4. The van der Waals surface area contributed by atoms with Crippen molar-refractivity contribution in [1.29, 1.82) is 0 Å². The molecule has 0 radical (unpaired) electrons. The van der Waals surface area contributed by atoms with E-state index in [0.717, 1.165) is 0 Å². The first-order chi connectivity index (χ1) is 13.8. The van der Waals surface area contributed by atoms with Gasteiger partial charge in [-0.15, -0.1) is 0 Å². The first-order valence-corrected chi connectivity index (χ1v) is 9.49. The highest BCUT2D eigenvalue weighted by Gasteiger charge is 2.31. The number of nitrogens with zero attached hydrogens (tertiary/aromatic N) is 1. The maximum atomic E-state index is 12.9. The summed E-state index contributed by atoms with van der Waals surface area (Å²) in [5.74, 6) is -0.476. The molecular formula is C22H24N2O5. The Hall–Kier alpha value is -3.35. The van der Waals surface area contributed by atoms with E-state index in [1.54, 1.807) is 48.5 Å². The van der Waals surface area contributed by atoms with E-state index in [9.17, 15) is 14.4 Å². The molecule has 2 aromatic carbocycles. The lowest BCUT2D eigenvalue weighted by Gasteiger charge is -2.30. The zero-order chi connectivity index (χ0) is 21.0. The van der Waals surface area contributed by atoms with Gasteiger partial charge in [0.25, 0.3) is 5.91 Å². The third kappa shape index (κ3) is 4.93. The number of nitrogens with one attached hydrogen (secondary N) is 1. The zero-order valence-corrected chi connectivity index (χ0v) is 16.7. The number of fused-ring (bicyclic) bond motifs is 1. The van der Waals surface area contributed by atoms with Crippen LogP contribution in [-0.2, 0) is 14.3 Å². The Morgan fingerprint density at radius 2 is 1.86 bits per heavy atom. The van der Waals surface area contributed by atoms with Crippen molar-refractivity contribution in [1.82, 2.24) is 0 Å². The Morgan fingerprint density at radius 3 is 2.62 bits per heavy atom. The molecule has 2 amide bonds. The average molecular weight is 396 g/mol. The lowest BCUT2D eigenvalue weighted by atomic mass is 10.1. The predicted molar refractivity (Wildman–Crippen MR) is 109 cm³/mol. The van der Waals surface area contributed by atoms with Gasteiger partial charge in [-0.2, -0.15) is 0 Å². The quantitative estimate of drug-likeness (QED) is 0.758. The van der Waals surface area contributed by atoms with Crippen LogP contribution in [0.2, 0.25) is 0 Å². The van der Waals surface area contributed by atoms with Gasteiger partial charge < -0.3 is 14.8 Å². The normalized spacial score (nSPS) is 14.1. The summed E-state index contributed by atoms with van der Waals surface area (Å²) < 4.78 is 11.0. The van der Waals surface area contributed by atoms with Crippen LogP contribution in [0.5, 0.6) is 5.75 Å². The number of anilines is 2. The van der Waals surface area contributed by atoms with E-state index in [0.29, 0.717) is 35.2 Å². The largest absolute Gasteiger partial charge is 0.493 e. The molecular weight excluding hydrogens is 372 g/mol. The molecule has 0 fully saturated rings. The Kier molecular flexibility index (Phi) is 6.16. The lowest BCUT2D eigenvalue weighted by Crippen LogP contribution is -2.47. The number of benzene rings is 2. The molecule has 2 aromatic rings. The number of esters is 1. The third-order valence-corrected chi connectivity index (χ3v) is 4.32. The molecule has 0 aliphatic carbocycles. The zero-order valence-electron chi connectivity index (χ0n) is 16.7. The van der Waals surface area contributed by atoms with Crippen LogP contribution in [0.15, 0.2) is 48.5 Å². The maximum absolute atomic E-state index is 12.9. The average Bonchev–Trinajstić information content (AvgIpc) is 2.71. The Labute approximate surface area is 169 Å². The van der Waals surface area contributed by atoms with Crippen molar-refractivity contribution >= 4 is 29.2 Å². The number of amides is 2. The summed E-state index contributed by atoms with van der Waals surface area (Å²) in [7, 11) is 0. The van der Waals surface area contributed by atoms with Crippen molar-refractivity contribution in [3.63, 3.8) is 0 Å². The number of carbonyl (C=O) groups is 3. The summed E-state index contributed by atoms with van der Waals surface area (Å²) in [4.78, 5) is 38.6. The fraction of sp³-hybridized carbons (Fsp3) is 0.318. The molecule has 1 atom stereocenters. The van der Waals surface area contributed by atoms with Crippen LogP contribution >= 0.6 is 0 Å². The number of hydrogen-bond donors (Lipinski definition) is 1. The Balaban J connectivity index is 1.69. The molecule has 0 aromatic heterocycles. The molecule has 1 aliphatic heterocycles. The van der Waals surface area contributed by atoms with E-state index < -0.39 is 18.0 Å². The fourth-order valence-electron chi connectivity index (χ4n) is 2.90. The summed E-state index contributed by atoms with van der Waals surface area (Å²) >= 11 is 0. The number of para-hydroxylation sites is 2. The second-order valence-electron chi connectivity index (χ2n) is 7.27. The Morgan fingerprint density at radius 1 is 1.10 bits per heavy atom. The van der Waals surface area contributed by atoms with Crippen molar-refractivity contribution in [3.05, 3.63) is 54.1 Å². The number of ether oxygens (including phenoxy) is 2. The van der Waals surface area contributed by atoms with Crippen LogP contribution in [0.3, 0.4) is 0 Å². The number of hydrogen-bond acceptors (Lipinski definition) is 5. The van der Waals surface area contributed by atoms with Gasteiger partial charge in [-0.3, -0.25) is 14.5 Å². The van der Waals surface area contributed by atoms with Gasteiger partial charge in [0.2, 0.25) is 5.91 Å². The van der Waals surface area contributed by atoms with Crippen LogP contribution in [0.1, 0.15) is 31.1 Å². The van der Waals surface area contributed by atoms with Crippen molar-refractivity contribution in [2.45, 2.75) is 26.9 Å². The van der Waals surface area contributed by atoms with E-state index in [4.69, 9.17) is 9.47 Å². The fourth-order valence-corrected chi connectivity index (χ4v) is 2.90. The maximum Gasteiger partial charge on any atom is 0.339 e. The third-order valence-electron chi connectivity index (χ3n) is 4.32. The van der Waals surface area contributed by atoms with Crippen LogP contribution in [-0.4, -0.2) is 37.0 Å². The van der Waals surface area contributed by atoms with Gasteiger partial charge in [-0.25, -0.2) is 4.79 Å². The molecule has 1 heterocycles. The van der Waals surface area contributed by atoms with Gasteiger partial charge in [0.15, 0.2) is 6.10 Å². The van der Waals surface area contributed by atoms with E-state index in [1.807, 2.05) is 13.8 Å². The van der Waals surface area contributed by atoms with Crippen LogP contribution in [0, 0.1) is 5.92 Å². The van der Waals surface area contributed by atoms with Gasteiger partial charge in [-0.1, -0.05) is 32.0 Å². The van der Waals surface area contributed by atoms with Crippen LogP contribution in [0.25, 0.3) is 0 Å². The highest BCUT2D eigenvalue weighted by Crippen LogP contribution is 2.29. The molecule has 1 N–H and O–H groups in total. The van der Waals surface area contributed by atoms with Crippen molar-refractivity contribution < 1.29 is 23.9 Å². The van der Waals surface area contributed by atoms with Crippen molar-refractivity contribution in [2.24, 2.45) is 5.92 Å². The molecule has 0 spiro atoms. The van der Waals surface area contributed by atoms with Crippen molar-refractivity contribution in [3.8, 4) is 5.75 Å². The molecule has 0 saturated carbocycles. The molecule has 7 heteroatoms. The second-order valence-corrected chi connectivity index (χ2v) is 7.27. The smallest absolute Gasteiger partial charge is 0.339 e. The standard InChI is InChI=1S/C22H24N2O5/c1-14(2)13-28-17-8-6-7-16(11-17)22(27)29-15(3)21(26)24-12-20(25)23-18-9-4-5-10-19(18)24/h4-11,14-15H,12-13H2,1-3H3,(H,23,25)/t15-/m1/s1. The summed E-state index contributed by atoms with van der Waals surface area (Å²) in [5, 5.41) is 2.72. The van der Waals surface area contributed by atoms with E-state index >= 15 is 0 Å². The lowest BCUT2D eigenvalue weighted by molar-refractivity contribution is -0.128. The highest BCUT2D eigenvalue weighted by molar-refractivity contribution is 6.11. The van der Waals surface area contributed by atoms with Crippen LogP contribution < -0.4 is 15.0 Å². The molecule has 1 aliphatic rings. The first-order valence-electron chi connectivity index (χ1n) is 9.49. The van der Waals surface area contributed by atoms with Gasteiger partial charge in [-0.05, 0) is 43.2 Å². The minimum absolute atomic E-state index is 0.129. The predicted octanol–water partition coefficient (Wildman–Crippen LogP) is 3.25. The molecule has 152 valence electrons. The van der Waals surface area contributed by atoms with Gasteiger partial charge in [0, 0.05) is 0 Å². The number of rotatable bonds is 6. The molecule has 0 unspecified atom stereocenters. The Bertz CT molecular complexity index is 925. The summed E-state index contributed by atoms with van der Waals surface area (Å²) in [6.45, 7) is 5.96. The molecule has 29 heavy (non-hydrogen) atoms. The topological polar surface area (TPSA) is 84.9 Å². The summed E-state index contributed by atoms with van der Waals surface area (Å²) in [5.41, 5.74) is 1.41. The van der Waals surface area contributed by atoms with Gasteiger partial charge in [0.1, 0.15) is 12.3 Å². The summed E-state index contributed by atoms with van der Waals surface area (Å²) in [6, 6.07) is 13.6. The SMILES string of the molecule is CC(C)COc1cccc(C(=O)O[C@H](C)C(=O)N2CC(=O)Nc3ccccc32)c1. The van der Waals surface area contributed by atoms with Crippen LogP contribution in [0.4, 0.5) is 11.4 Å². The minimum atomic E-state index is -1.05. The second kappa shape index (κ2) is 8.77. The van der Waals surface area contributed by atoms with Gasteiger partial charge >= 0.3 is 5.97 Å². The van der Waals surface area contributed by atoms with E-state index in [-0.39, 0.29) is 12.5 Å². The molecule has 3 rings (SSSR count). The summed E-state index contributed by atoms with van der Waals surface area (Å²) in [6.07, 6.45) is -1.05. The van der Waals surface area contributed by atoms with Crippen molar-refractivity contribution in [2.75, 3.05) is 23.4 Å². The van der Waals surface area contributed by atoms with Gasteiger partial charge in [0.05, 0.1) is 23.5 Å². The molecule has 7 nitrogen and oxygen atoms in total.